The van der Waals surface area contributed by atoms with E-state index >= 15 is 0 Å². The number of halogens is 2. The highest BCUT2D eigenvalue weighted by Crippen LogP contribution is 2.31. The first kappa shape index (κ1) is 14.7. The fourth-order valence-electron chi connectivity index (χ4n) is 1.97. The van der Waals surface area contributed by atoms with Crippen molar-refractivity contribution < 1.29 is 23.0 Å². The number of para-hydroxylation sites is 1. The SMILES string of the molecule is COC(=O)C(NCC1CC1)c1ccccc1OC(F)F. The van der Waals surface area contributed by atoms with Gasteiger partial charge < -0.3 is 14.8 Å². The summed E-state index contributed by atoms with van der Waals surface area (Å²) in [5.41, 5.74) is 0.361. The highest BCUT2D eigenvalue weighted by atomic mass is 19.3. The zero-order valence-electron chi connectivity index (χ0n) is 11.1. The van der Waals surface area contributed by atoms with Gasteiger partial charge in [-0.3, -0.25) is 0 Å². The fraction of sp³-hybridized carbons (Fsp3) is 0.500. The maximum Gasteiger partial charge on any atom is 0.387 e. The van der Waals surface area contributed by atoms with Crippen LogP contribution >= 0.6 is 0 Å². The molecule has 1 aromatic carbocycles. The van der Waals surface area contributed by atoms with Crippen molar-refractivity contribution in [3.05, 3.63) is 29.8 Å². The highest BCUT2D eigenvalue weighted by molar-refractivity contribution is 5.78. The van der Waals surface area contributed by atoms with Gasteiger partial charge in [-0.1, -0.05) is 18.2 Å². The number of carbonyl (C=O) groups excluding carboxylic acids is 1. The van der Waals surface area contributed by atoms with Gasteiger partial charge in [-0.2, -0.15) is 8.78 Å². The number of hydrogen-bond acceptors (Lipinski definition) is 4. The molecule has 1 fully saturated rings. The lowest BCUT2D eigenvalue weighted by Gasteiger charge is -2.19. The number of hydrogen-bond donors (Lipinski definition) is 1. The average Bonchev–Trinajstić information content (AvgIpc) is 3.24. The number of benzene rings is 1. The number of nitrogens with one attached hydrogen (secondary N) is 1. The fourth-order valence-corrected chi connectivity index (χ4v) is 1.97. The summed E-state index contributed by atoms with van der Waals surface area (Å²) in [6, 6.07) is 5.45. The van der Waals surface area contributed by atoms with E-state index in [-0.39, 0.29) is 5.75 Å². The Labute approximate surface area is 116 Å². The number of carbonyl (C=O) groups is 1. The third-order valence-electron chi connectivity index (χ3n) is 3.19. The number of rotatable bonds is 7. The van der Waals surface area contributed by atoms with Crippen LogP contribution in [0.1, 0.15) is 24.4 Å². The van der Waals surface area contributed by atoms with Crippen LogP contribution in [-0.2, 0) is 9.53 Å². The van der Waals surface area contributed by atoms with E-state index in [9.17, 15) is 13.6 Å². The van der Waals surface area contributed by atoms with Crippen molar-refractivity contribution in [2.24, 2.45) is 5.92 Å². The Bertz CT molecular complexity index is 463. The quantitative estimate of drug-likeness (QED) is 0.782. The molecule has 1 saturated carbocycles. The van der Waals surface area contributed by atoms with Gasteiger partial charge in [0.2, 0.25) is 0 Å². The predicted octanol–water partition coefficient (Wildman–Crippen LogP) is 2.50. The molecule has 0 amide bonds. The second-order valence-corrected chi connectivity index (χ2v) is 4.72. The van der Waals surface area contributed by atoms with Crippen molar-refractivity contribution in [2.75, 3.05) is 13.7 Å². The summed E-state index contributed by atoms with van der Waals surface area (Å²) >= 11 is 0. The molecule has 20 heavy (non-hydrogen) atoms. The van der Waals surface area contributed by atoms with Gasteiger partial charge in [-0.25, -0.2) is 4.79 Å². The molecular formula is C14H17F2NO3. The molecular weight excluding hydrogens is 268 g/mol. The second-order valence-electron chi connectivity index (χ2n) is 4.72. The van der Waals surface area contributed by atoms with E-state index in [1.165, 1.54) is 13.2 Å². The van der Waals surface area contributed by atoms with Crippen LogP contribution in [0.4, 0.5) is 8.78 Å². The minimum Gasteiger partial charge on any atom is -0.468 e. The third-order valence-corrected chi connectivity index (χ3v) is 3.19. The maximum absolute atomic E-state index is 12.4. The van der Waals surface area contributed by atoms with Gasteiger partial charge in [-0.15, -0.1) is 0 Å². The molecule has 1 N–H and O–H groups in total. The maximum atomic E-state index is 12.4. The molecule has 4 nitrogen and oxygen atoms in total. The van der Waals surface area contributed by atoms with Crippen LogP contribution < -0.4 is 10.1 Å². The molecule has 0 heterocycles. The summed E-state index contributed by atoms with van der Waals surface area (Å²) in [5, 5.41) is 3.06. The molecule has 0 aromatic heterocycles. The van der Waals surface area contributed by atoms with E-state index in [1.807, 2.05) is 0 Å². The van der Waals surface area contributed by atoms with Crippen molar-refractivity contribution in [1.82, 2.24) is 5.32 Å². The molecule has 1 atom stereocenters. The summed E-state index contributed by atoms with van der Waals surface area (Å²) < 4.78 is 34.0. The molecule has 0 aliphatic heterocycles. The summed E-state index contributed by atoms with van der Waals surface area (Å²) in [6.07, 6.45) is 2.24. The van der Waals surface area contributed by atoms with Gasteiger partial charge in [-0.05, 0) is 31.4 Å². The normalized spacial score (nSPS) is 16.0. The van der Waals surface area contributed by atoms with E-state index in [4.69, 9.17) is 4.74 Å². The number of methoxy groups -OCH3 is 1. The van der Waals surface area contributed by atoms with Crippen molar-refractivity contribution in [3.8, 4) is 5.75 Å². The molecule has 2 rings (SSSR count). The molecule has 110 valence electrons. The summed E-state index contributed by atoms with van der Waals surface area (Å²) in [6.45, 7) is -2.28. The summed E-state index contributed by atoms with van der Waals surface area (Å²) in [4.78, 5) is 11.9. The molecule has 1 aromatic rings. The average molecular weight is 285 g/mol. The summed E-state index contributed by atoms with van der Waals surface area (Å²) in [5.74, 6) is 0.0162. The van der Waals surface area contributed by atoms with E-state index < -0.39 is 18.6 Å². The van der Waals surface area contributed by atoms with E-state index in [0.717, 1.165) is 12.8 Å². The second kappa shape index (κ2) is 6.65. The topological polar surface area (TPSA) is 47.6 Å². The Morgan fingerprint density at radius 3 is 2.70 bits per heavy atom. The molecule has 6 heteroatoms. The standard InChI is InChI=1S/C14H17F2NO3/c1-19-13(18)12(17-8-9-6-7-9)10-4-2-3-5-11(10)20-14(15)16/h2-5,9,12,14,17H,6-8H2,1H3. The van der Waals surface area contributed by atoms with Crippen LogP contribution in [0, 0.1) is 5.92 Å². The van der Waals surface area contributed by atoms with Crippen LogP contribution in [0.3, 0.4) is 0 Å². The first-order valence-corrected chi connectivity index (χ1v) is 6.46. The Morgan fingerprint density at radius 1 is 1.40 bits per heavy atom. The minimum atomic E-state index is -2.93. The predicted molar refractivity (Wildman–Crippen MR) is 68.6 cm³/mol. The Kier molecular flexibility index (Phi) is 4.89. The van der Waals surface area contributed by atoms with Gasteiger partial charge in [0.15, 0.2) is 0 Å². The first-order chi connectivity index (χ1) is 9.61. The minimum absolute atomic E-state index is 0.0128. The largest absolute Gasteiger partial charge is 0.468 e. The lowest BCUT2D eigenvalue weighted by Crippen LogP contribution is -2.31. The number of ether oxygens (including phenoxy) is 2. The molecule has 1 aliphatic carbocycles. The van der Waals surface area contributed by atoms with E-state index in [0.29, 0.717) is 18.0 Å². The van der Waals surface area contributed by atoms with Gasteiger partial charge in [0, 0.05) is 5.56 Å². The number of esters is 1. The Balaban J connectivity index is 2.19. The third kappa shape index (κ3) is 3.90. The van der Waals surface area contributed by atoms with Crippen LogP contribution in [-0.4, -0.2) is 26.2 Å². The zero-order valence-corrected chi connectivity index (χ0v) is 11.1. The van der Waals surface area contributed by atoms with Crippen molar-refractivity contribution in [2.45, 2.75) is 25.5 Å². The Hall–Kier alpha value is -1.69. The molecule has 1 unspecified atom stereocenters. The van der Waals surface area contributed by atoms with Gasteiger partial charge in [0.25, 0.3) is 0 Å². The van der Waals surface area contributed by atoms with E-state index in [2.05, 4.69) is 10.1 Å². The van der Waals surface area contributed by atoms with Crippen LogP contribution in [0.25, 0.3) is 0 Å². The van der Waals surface area contributed by atoms with Gasteiger partial charge in [0.05, 0.1) is 7.11 Å². The lowest BCUT2D eigenvalue weighted by molar-refractivity contribution is -0.143. The molecule has 0 radical (unpaired) electrons. The van der Waals surface area contributed by atoms with E-state index in [1.54, 1.807) is 18.2 Å². The van der Waals surface area contributed by atoms with Crippen LogP contribution in [0.5, 0.6) is 5.75 Å². The van der Waals surface area contributed by atoms with Gasteiger partial charge in [0.1, 0.15) is 11.8 Å². The monoisotopic (exact) mass is 285 g/mol. The first-order valence-electron chi connectivity index (χ1n) is 6.46. The summed E-state index contributed by atoms with van der Waals surface area (Å²) in [7, 11) is 1.27. The van der Waals surface area contributed by atoms with Crippen LogP contribution in [0.15, 0.2) is 24.3 Å². The number of alkyl halides is 2. The van der Waals surface area contributed by atoms with Crippen molar-refractivity contribution in [3.63, 3.8) is 0 Å². The van der Waals surface area contributed by atoms with Crippen LogP contribution in [0.2, 0.25) is 0 Å². The Morgan fingerprint density at radius 2 is 2.10 bits per heavy atom. The molecule has 1 aliphatic rings. The molecule has 0 bridgehead atoms. The zero-order chi connectivity index (χ0) is 14.5. The highest BCUT2D eigenvalue weighted by Gasteiger charge is 2.28. The van der Waals surface area contributed by atoms with Crippen molar-refractivity contribution in [1.29, 1.82) is 0 Å². The van der Waals surface area contributed by atoms with Crippen molar-refractivity contribution >= 4 is 5.97 Å². The van der Waals surface area contributed by atoms with Gasteiger partial charge >= 0.3 is 12.6 Å². The lowest BCUT2D eigenvalue weighted by atomic mass is 10.1. The smallest absolute Gasteiger partial charge is 0.387 e. The molecule has 0 spiro atoms. The molecule has 0 saturated heterocycles.